The van der Waals surface area contributed by atoms with Crippen molar-refractivity contribution in [2.75, 3.05) is 6.54 Å². The first-order valence-electron chi connectivity index (χ1n) is 7.08. The molecule has 94 valence electrons. The van der Waals surface area contributed by atoms with Gasteiger partial charge in [-0.05, 0) is 36.7 Å². The Hall–Kier alpha value is -0.820. The van der Waals surface area contributed by atoms with Crippen LogP contribution in [0.3, 0.4) is 0 Å². The minimum absolute atomic E-state index is 0.687. The fourth-order valence-corrected chi connectivity index (χ4v) is 2.31. The van der Waals surface area contributed by atoms with Gasteiger partial charge in [0, 0.05) is 12.6 Å². The molecule has 1 heteroatoms. The molecular weight excluding hydrogens is 206 g/mol. The zero-order chi connectivity index (χ0) is 12.1. The fourth-order valence-electron chi connectivity index (χ4n) is 2.31. The van der Waals surface area contributed by atoms with Crippen LogP contribution < -0.4 is 5.32 Å². The SMILES string of the molecule is CCC(C)CC(CNC1CC1)c1ccccc1. The second kappa shape index (κ2) is 6.20. The van der Waals surface area contributed by atoms with Crippen LogP contribution in [0, 0.1) is 5.92 Å². The van der Waals surface area contributed by atoms with E-state index in [0.717, 1.165) is 18.5 Å². The van der Waals surface area contributed by atoms with E-state index in [4.69, 9.17) is 0 Å². The molecule has 1 N–H and O–H groups in total. The van der Waals surface area contributed by atoms with Crippen LogP contribution in [0.4, 0.5) is 0 Å². The molecule has 0 bridgehead atoms. The van der Waals surface area contributed by atoms with E-state index in [1.54, 1.807) is 0 Å². The summed E-state index contributed by atoms with van der Waals surface area (Å²) in [4.78, 5) is 0. The summed E-state index contributed by atoms with van der Waals surface area (Å²) in [6, 6.07) is 11.8. The van der Waals surface area contributed by atoms with E-state index in [9.17, 15) is 0 Å². The zero-order valence-electron chi connectivity index (χ0n) is 11.2. The first kappa shape index (κ1) is 12.6. The number of nitrogens with one attached hydrogen (secondary N) is 1. The third-order valence-electron chi connectivity index (χ3n) is 3.89. The van der Waals surface area contributed by atoms with Crippen LogP contribution in [0.25, 0.3) is 0 Å². The minimum atomic E-state index is 0.687. The molecule has 2 atom stereocenters. The predicted molar refractivity (Wildman–Crippen MR) is 74.3 cm³/mol. The van der Waals surface area contributed by atoms with Gasteiger partial charge in [0.15, 0.2) is 0 Å². The Balaban J connectivity index is 1.95. The molecule has 0 radical (unpaired) electrons. The van der Waals surface area contributed by atoms with Crippen molar-refractivity contribution in [3.63, 3.8) is 0 Å². The van der Waals surface area contributed by atoms with E-state index in [1.807, 2.05) is 0 Å². The third kappa shape index (κ3) is 4.16. The zero-order valence-corrected chi connectivity index (χ0v) is 11.2. The van der Waals surface area contributed by atoms with E-state index in [2.05, 4.69) is 49.5 Å². The molecule has 1 fully saturated rings. The average Bonchev–Trinajstić information content (AvgIpc) is 3.19. The molecule has 1 saturated carbocycles. The lowest BCUT2D eigenvalue weighted by Crippen LogP contribution is -2.24. The summed E-state index contributed by atoms with van der Waals surface area (Å²) in [5.74, 6) is 1.51. The van der Waals surface area contributed by atoms with Gasteiger partial charge in [-0.15, -0.1) is 0 Å². The molecule has 0 saturated heterocycles. The normalized spacial score (nSPS) is 18.9. The van der Waals surface area contributed by atoms with Crippen molar-refractivity contribution in [2.45, 2.75) is 51.5 Å². The monoisotopic (exact) mass is 231 g/mol. The van der Waals surface area contributed by atoms with Gasteiger partial charge in [0.1, 0.15) is 0 Å². The highest BCUT2D eigenvalue weighted by molar-refractivity contribution is 5.20. The number of benzene rings is 1. The summed E-state index contributed by atoms with van der Waals surface area (Å²) in [6.45, 7) is 5.81. The van der Waals surface area contributed by atoms with E-state index in [-0.39, 0.29) is 0 Å². The van der Waals surface area contributed by atoms with Crippen molar-refractivity contribution < 1.29 is 0 Å². The largest absolute Gasteiger partial charge is 0.313 e. The molecule has 17 heavy (non-hydrogen) atoms. The first-order valence-corrected chi connectivity index (χ1v) is 7.08. The second-order valence-electron chi connectivity index (χ2n) is 5.54. The van der Waals surface area contributed by atoms with Gasteiger partial charge in [0.25, 0.3) is 0 Å². The highest BCUT2D eigenvalue weighted by atomic mass is 14.9. The van der Waals surface area contributed by atoms with Gasteiger partial charge in [-0.25, -0.2) is 0 Å². The van der Waals surface area contributed by atoms with Gasteiger partial charge in [-0.1, -0.05) is 50.6 Å². The van der Waals surface area contributed by atoms with Crippen molar-refractivity contribution >= 4 is 0 Å². The predicted octanol–water partition coefficient (Wildman–Crippen LogP) is 3.96. The molecule has 1 aliphatic carbocycles. The lowest BCUT2D eigenvalue weighted by atomic mass is 9.88. The van der Waals surface area contributed by atoms with Crippen LogP contribution in [-0.2, 0) is 0 Å². The summed E-state index contributed by atoms with van der Waals surface area (Å²) < 4.78 is 0. The summed E-state index contributed by atoms with van der Waals surface area (Å²) >= 11 is 0. The van der Waals surface area contributed by atoms with Crippen LogP contribution in [0.2, 0.25) is 0 Å². The van der Waals surface area contributed by atoms with Crippen LogP contribution >= 0.6 is 0 Å². The topological polar surface area (TPSA) is 12.0 Å². The smallest absolute Gasteiger partial charge is 0.00684 e. The third-order valence-corrected chi connectivity index (χ3v) is 3.89. The molecular formula is C16H25N. The molecule has 1 aromatic rings. The summed E-state index contributed by atoms with van der Waals surface area (Å²) in [6.07, 6.45) is 5.35. The van der Waals surface area contributed by atoms with Crippen molar-refractivity contribution in [3.05, 3.63) is 35.9 Å². The lowest BCUT2D eigenvalue weighted by molar-refractivity contribution is 0.435. The molecule has 1 nitrogen and oxygen atoms in total. The Kier molecular flexibility index (Phi) is 4.61. The molecule has 0 amide bonds. The van der Waals surface area contributed by atoms with E-state index < -0.39 is 0 Å². The van der Waals surface area contributed by atoms with E-state index in [0.29, 0.717) is 5.92 Å². The van der Waals surface area contributed by atoms with Gasteiger partial charge in [-0.2, -0.15) is 0 Å². The van der Waals surface area contributed by atoms with Crippen LogP contribution in [0.1, 0.15) is 51.0 Å². The van der Waals surface area contributed by atoms with Crippen molar-refractivity contribution in [1.82, 2.24) is 5.32 Å². The lowest BCUT2D eigenvalue weighted by Gasteiger charge is -2.21. The molecule has 0 heterocycles. The Morgan fingerprint density at radius 2 is 1.94 bits per heavy atom. The molecule has 1 aliphatic rings. The van der Waals surface area contributed by atoms with Crippen molar-refractivity contribution in [1.29, 1.82) is 0 Å². The Morgan fingerprint density at radius 1 is 1.24 bits per heavy atom. The summed E-state index contributed by atoms with van der Waals surface area (Å²) in [7, 11) is 0. The van der Waals surface area contributed by atoms with Crippen molar-refractivity contribution in [3.8, 4) is 0 Å². The van der Waals surface area contributed by atoms with Gasteiger partial charge in [0.05, 0.1) is 0 Å². The Morgan fingerprint density at radius 3 is 2.53 bits per heavy atom. The first-order chi connectivity index (χ1) is 8.29. The van der Waals surface area contributed by atoms with Gasteiger partial charge < -0.3 is 5.32 Å². The van der Waals surface area contributed by atoms with Crippen LogP contribution in [0.15, 0.2) is 30.3 Å². The summed E-state index contributed by atoms with van der Waals surface area (Å²) in [5.41, 5.74) is 1.50. The van der Waals surface area contributed by atoms with E-state index >= 15 is 0 Å². The molecule has 0 aliphatic heterocycles. The Bertz CT molecular complexity index is 316. The van der Waals surface area contributed by atoms with Gasteiger partial charge >= 0.3 is 0 Å². The molecule has 0 aromatic heterocycles. The Labute approximate surface area is 106 Å². The molecule has 2 rings (SSSR count). The van der Waals surface area contributed by atoms with Crippen LogP contribution in [0.5, 0.6) is 0 Å². The summed E-state index contributed by atoms with van der Waals surface area (Å²) in [5, 5.41) is 3.68. The molecule has 2 unspecified atom stereocenters. The number of hydrogen-bond acceptors (Lipinski definition) is 1. The number of hydrogen-bond donors (Lipinski definition) is 1. The van der Waals surface area contributed by atoms with Gasteiger partial charge in [0.2, 0.25) is 0 Å². The highest BCUT2D eigenvalue weighted by Gasteiger charge is 2.23. The molecule has 0 spiro atoms. The van der Waals surface area contributed by atoms with E-state index in [1.165, 1.54) is 31.2 Å². The molecule has 1 aromatic carbocycles. The van der Waals surface area contributed by atoms with Gasteiger partial charge in [-0.3, -0.25) is 0 Å². The second-order valence-corrected chi connectivity index (χ2v) is 5.54. The highest BCUT2D eigenvalue weighted by Crippen LogP contribution is 2.26. The average molecular weight is 231 g/mol. The van der Waals surface area contributed by atoms with Crippen LogP contribution in [-0.4, -0.2) is 12.6 Å². The standard InChI is InChI=1S/C16H25N/c1-3-13(2)11-15(12-17-16-9-10-16)14-7-5-4-6-8-14/h4-8,13,15-17H,3,9-12H2,1-2H3. The maximum absolute atomic E-state index is 3.68. The maximum atomic E-state index is 3.68. The quantitative estimate of drug-likeness (QED) is 0.749. The minimum Gasteiger partial charge on any atom is -0.313 e. The van der Waals surface area contributed by atoms with Crippen molar-refractivity contribution in [2.24, 2.45) is 5.92 Å². The maximum Gasteiger partial charge on any atom is 0.00684 e. The fraction of sp³-hybridized carbons (Fsp3) is 0.625. The number of rotatable bonds is 7.